The van der Waals surface area contributed by atoms with Crippen LogP contribution >= 0.6 is 11.6 Å². The number of rotatable bonds is 4. The number of hydrogen-bond donors (Lipinski definition) is 3. The van der Waals surface area contributed by atoms with E-state index in [1.807, 2.05) is 11.8 Å². The molecule has 1 aromatic rings. The van der Waals surface area contributed by atoms with E-state index in [2.05, 4.69) is 5.32 Å². The molecular weight excluding hydrogens is 370 g/mol. The van der Waals surface area contributed by atoms with Crippen molar-refractivity contribution >= 4 is 23.4 Å². The molecule has 0 aliphatic carbocycles. The molecular formula is C19H26ClN3O4. The number of carbonyl (C=O) groups is 2. The highest BCUT2D eigenvalue weighted by Gasteiger charge is 2.53. The van der Waals surface area contributed by atoms with Crippen LogP contribution in [0.4, 0.5) is 0 Å². The summed E-state index contributed by atoms with van der Waals surface area (Å²) < 4.78 is 6.01. The number of nitrogens with one attached hydrogen (secondary N) is 1. The van der Waals surface area contributed by atoms with Crippen molar-refractivity contribution in [2.75, 3.05) is 26.2 Å². The van der Waals surface area contributed by atoms with E-state index in [1.54, 1.807) is 24.3 Å². The lowest BCUT2D eigenvalue weighted by atomic mass is 9.73. The number of nitrogens with zero attached hydrogens (tertiary/aromatic N) is 1. The van der Waals surface area contributed by atoms with E-state index in [-0.39, 0.29) is 18.4 Å². The van der Waals surface area contributed by atoms with Gasteiger partial charge in [0.25, 0.3) is 5.91 Å². The first-order valence-electron chi connectivity index (χ1n) is 9.15. The van der Waals surface area contributed by atoms with Crippen LogP contribution in [0.15, 0.2) is 24.3 Å². The number of ether oxygens (including phenoxy) is 1. The third-order valence-electron chi connectivity index (χ3n) is 5.71. The first-order valence-corrected chi connectivity index (χ1v) is 9.53. The molecule has 2 aliphatic heterocycles. The van der Waals surface area contributed by atoms with Crippen molar-refractivity contribution in [3.05, 3.63) is 34.9 Å². The van der Waals surface area contributed by atoms with E-state index < -0.39 is 17.2 Å². The Kier molecular flexibility index (Phi) is 5.76. The molecule has 2 amide bonds. The summed E-state index contributed by atoms with van der Waals surface area (Å²) in [6, 6.07) is 6.83. The van der Waals surface area contributed by atoms with Gasteiger partial charge in [-0.25, -0.2) is 0 Å². The summed E-state index contributed by atoms with van der Waals surface area (Å²) in [6.07, 6.45) is 0.760. The fourth-order valence-electron chi connectivity index (χ4n) is 4.09. The summed E-state index contributed by atoms with van der Waals surface area (Å²) in [6.45, 7) is 3.69. The summed E-state index contributed by atoms with van der Waals surface area (Å²) in [5.74, 6) is -0.682. The minimum absolute atomic E-state index is 0.201. The Hall–Kier alpha value is -1.67. The number of piperidine rings is 1. The fourth-order valence-corrected chi connectivity index (χ4v) is 4.31. The van der Waals surface area contributed by atoms with Gasteiger partial charge >= 0.3 is 0 Å². The Morgan fingerprint density at radius 1 is 1.33 bits per heavy atom. The van der Waals surface area contributed by atoms with Gasteiger partial charge in [0.05, 0.1) is 28.3 Å². The van der Waals surface area contributed by atoms with Gasteiger partial charge in [-0.05, 0) is 38.3 Å². The Bertz CT molecular complexity index is 721. The monoisotopic (exact) mass is 395 g/mol. The van der Waals surface area contributed by atoms with Crippen LogP contribution in [-0.2, 0) is 9.53 Å². The van der Waals surface area contributed by atoms with Gasteiger partial charge in [0.15, 0.2) is 0 Å². The van der Waals surface area contributed by atoms with Gasteiger partial charge in [-0.1, -0.05) is 23.7 Å². The molecule has 0 bridgehead atoms. The molecule has 27 heavy (non-hydrogen) atoms. The van der Waals surface area contributed by atoms with Gasteiger partial charge in [-0.2, -0.15) is 0 Å². The van der Waals surface area contributed by atoms with Crippen molar-refractivity contribution in [1.82, 2.24) is 10.2 Å². The summed E-state index contributed by atoms with van der Waals surface area (Å²) in [4.78, 5) is 25.8. The number of likely N-dealkylation sites (tertiary alicyclic amines) is 1. The number of primary amides is 1. The smallest absolute Gasteiger partial charge is 0.253 e. The molecule has 8 heteroatoms. The minimum atomic E-state index is -0.874. The maximum absolute atomic E-state index is 12.7. The summed E-state index contributed by atoms with van der Waals surface area (Å²) in [5.41, 5.74) is 4.07. The second-order valence-electron chi connectivity index (χ2n) is 7.66. The molecule has 148 valence electrons. The van der Waals surface area contributed by atoms with E-state index in [4.69, 9.17) is 22.1 Å². The molecule has 0 radical (unpaired) electrons. The van der Waals surface area contributed by atoms with Crippen LogP contribution in [-0.4, -0.2) is 65.3 Å². The van der Waals surface area contributed by atoms with Gasteiger partial charge in [-0.15, -0.1) is 0 Å². The highest BCUT2D eigenvalue weighted by atomic mass is 35.5. The molecule has 0 saturated carbocycles. The van der Waals surface area contributed by atoms with E-state index in [9.17, 15) is 14.7 Å². The molecule has 2 saturated heterocycles. The number of carbonyl (C=O) groups excluding carboxylic acids is 2. The Morgan fingerprint density at radius 2 is 2.00 bits per heavy atom. The number of halogens is 1. The second kappa shape index (κ2) is 7.75. The lowest BCUT2D eigenvalue weighted by Gasteiger charge is -2.53. The van der Waals surface area contributed by atoms with Crippen LogP contribution in [0.5, 0.6) is 0 Å². The van der Waals surface area contributed by atoms with Crippen molar-refractivity contribution in [3.8, 4) is 0 Å². The van der Waals surface area contributed by atoms with E-state index in [0.717, 1.165) is 0 Å². The average Bonchev–Trinajstić information content (AvgIpc) is 2.61. The highest BCUT2D eigenvalue weighted by Crippen LogP contribution is 2.40. The van der Waals surface area contributed by atoms with Crippen molar-refractivity contribution in [2.24, 2.45) is 5.73 Å². The maximum atomic E-state index is 12.7. The van der Waals surface area contributed by atoms with Crippen LogP contribution < -0.4 is 11.1 Å². The lowest BCUT2D eigenvalue weighted by molar-refractivity contribution is -0.205. The van der Waals surface area contributed by atoms with Crippen LogP contribution in [0.25, 0.3) is 0 Å². The predicted molar refractivity (Wildman–Crippen MR) is 101 cm³/mol. The molecule has 2 atom stereocenters. The number of aliphatic hydroxyl groups excluding tert-OH is 1. The SMILES string of the molecule is C[C@]1(NC(=O)c2ccccc2Cl)CCOC2(CCN(CC(N)=O)CC2)[C@@H]1O. The fraction of sp³-hybridized carbons (Fsp3) is 0.579. The first kappa shape index (κ1) is 20.1. The molecule has 0 unspecified atom stereocenters. The quantitative estimate of drug-likeness (QED) is 0.703. The molecule has 1 aromatic carbocycles. The Labute approximate surface area is 163 Å². The van der Waals surface area contributed by atoms with Crippen molar-refractivity contribution < 1.29 is 19.4 Å². The standard InChI is InChI=1S/C19H26ClN3O4/c1-18(22-16(25)13-4-2-3-5-14(13)20)8-11-27-19(17(18)26)6-9-23(10-7-19)12-15(21)24/h2-5,17,26H,6-12H2,1H3,(H2,21,24)(H,22,25)/t17-,18+/m1/s1. The Morgan fingerprint density at radius 3 is 2.63 bits per heavy atom. The van der Waals surface area contributed by atoms with Gasteiger partial charge in [0, 0.05) is 19.7 Å². The van der Waals surface area contributed by atoms with Crippen molar-refractivity contribution in [2.45, 2.75) is 43.4 Å². The number of aliphatic hydroxyl groups is 1. The average molecular weight is 396 g/mol. The number of amides is 2. The van der Waals surface area contributed by atoms with Gasteiger partial charge < -0.3 is 20.9 Å². The van der Waals surface area contributed by atoms with Crippen LogP contribution in [0.3, 0.4) is 0 Å². The number of hydrogen-bond acceptors (Lipinski definition) is 5. The predicted octanol–water partition coefficient (Wildman–Crippen LogP) is 0.930. The summed E-state index contributed by atoms with van der Waals surface area (Å²) in [7, 11) is 0. The van der Waals surface area contributed by atoms with Crippen LogP contribution in [0.2, 0.25) is 5.02 Å². The normalized spacial score (nSPS) is 28.0. The molecule has 1 spiro atoms. The van der Waals surface area contributed by atoms with Gasteiger partial charge in [0.2, 0.25) is 5.91 Å². The number of benzene rings is 1. The zero-order valence-electron chi connectivity index (χ0n) is 15.4. The van der Waals surface area contributed by atoms with E-state index in [1.165, 1.54) is 0 Å². The van der Waals surface area contributed by atoms with E-state index in [0.29, 0.717) is 49.5 Å². The molecule has 2 fully saturated rings. The summed E-state index contributed by atoms with van der Waals surface area (Å²) in [5, 5.41) is 14.5. The minimum Gasteiger partial charge on any atom is -0.388 e. The third-order valence-corrected chi connectivity index (χ3v) is 6.04. The molecule has 4 N–H and O–H groups in total. The molecule has 3 rings (SSSR count). The molecule has 7 nitrogen and oxygen atoms in total. The van der Waals surface area contributed by atoms with Crippen molar-refractivity contribution in [1.29, 1.82) is 0 Å². The van der Waals surface area contributed by atoms with Crippen molar-refractivity contribution in [3.63, 3.8) is 0 Å². The van der Waals surface area contributed by atoms with E-state index >= 15 is 0 Å². The molecule has 0 aromatic heterocycles. The van der Waals surface area contributed by atoms with Gasteiger partial charge in [0.1, 0.15) is 6.10 Å². The van der Waals surface area contributed by atoms with Crippen LogP contribution in [0, 0.1) is 0 Å². The Balaban J connectivity index is 1.72. The highest BCUT2D eigenvalue weighted by molar-refractivity contribution is 6.33. The number of nitrogens with two attached hydrogens (primary N) is 1. The lowest BCUT2D eigenvalue weighted by Crippen LogP contribution is -2.69. The zero-order chi connectivity index (χ0) is 19.7. The maximum Gasteiger partial charge on any atom is 0.253 e. The third kappa shape index (κ3) is 4.11. The van der Waals surface area contributed by atoms with Gasteiger partial charge in [-0.3, -0.25) is 14.5 Å². The molecule has 2 heterocycles. The zero-order valence-corrected chi connectivity index (χ0v) is 16.2. The molecule has 2 aliphatic rings. The first-order chi connectivity index (χ1) is 12.8. The topological polar surface area (TPSA) is 105 Å². The summed E-state index contributed by atoms with van der Waals surface area (Å²) >= 11 is 6.13. The second-order valence-corrected chi connectivity index (χ2v) is 8.07. The van der Waals surface area contributed by atoms with Crippen LogP contribution in [0.1, 0.15) is 36.5 Å². The largest absolute Gasteiger partial charge is 0.388 e.